The summed E-state index contributed by atoms with van der Waals surface area (Å²) in [5.74, 6) is 0.803. The normalized spacial score (nSPS) is 21.9. The van der Waals surface area contributed by atoms with Crippen LogP contribution in [0.4, 0.5) is 0 Å². The van der Waals surface area contributed by atoms with Crippen molar-refractivity contribution in [3.05, 3.63) is 35.4 Å². The summed E-state index contributed by atoms with van der Waals surface area (Å²) >= 11 is 0. The molecule has 0 saturated carbocycles. The van der Waals surface area contributed by atoms with Gasteiger partial charge in [0.25, 0.3) is 0 Å². The Bertz CT molecular complexity index is 387. The van der Waals surface area contributed by atoms with Gasteiger partial charge < -0.3 is 4.74 Å². The van der Waals surface area contributed by atoms with E-state index in [0.29, 0.717) is 6.10 Å². The summed E-state index contributed by atoms with van der Waals surface area (Å²) in [6, 6.07) is 9.17. The van der Waals surface area contributed by atoms with Crippen molar-refractivity contribution in [2.75, 3.05) is 6.61 Å². The van der Waals surface area contributed by atoms with Gasteiger partial charge in [0.15, 0.2) is 0 Å². The summed E-state index contributed by atoms with van der Waals surface area (Å²) in [5, 5.41) is 0. The second-order valence-corrected chi connectivity index (χ2v) is 6.96. The molecule has 1 aromatic carbocycles. The Morgan fingerprint density at radius 2 is 1.68 bits per heavy atom. The maximum absolute atomic E-state index is 6.15. The second-order valence-electron chi connectivity index (χ2n) is 6.96. The monoisotopic (exact) mass is 302 g/mol. The fourth-order valence-electron chi connectivity index (χ4n) is 3.44. The zero-order chi connectivity index (χ0) is 15.6. The van der Waals surface area contributed by atoms with E-state index in [1.165, 1.54) is 75.3 Å². The molecule has 2 atom stereocenters. The molecule has 0 bridgehead atoms. The van der Waals surface area contributed by atoms with Crippen LogP contribution in [0, 0.1) is 5.92 Å². The SMILES string of the molecule is CCCCCCC1CCC(c2ccc(CCCC)cc2)OC1. The fourth-order valence-corrected chi connectivity index (χ4v) is 3.44. The number of rotatable bonds is 9. The van der Waals surface area contributed by atoms with E-state index in [4.69, 9.17) is 4.74 Å². The van der Waals surface area contributed by atoms with Crippen LogP contribution in [-0.2, 0) is 11.2 Å². The molecule has 1 aromatic rings. The Labute approximate surface area is 137 Å². The predicted molar refractivity (Wildman–Crippen MR) is 95.2 cm³/mol. The molecule has 0 amide bonds. The van der Waals surface area contributed by atoms with E-state index in [-0.39, 0.29) is 0 Å². The zero-order valence-corrected chi connectivity index (χ0v) is 14.7. The van der Waals surface area contributed by atoms with Crippen LogP contribution < -0.4 is 0 Å². The van der Waals surface area contributed by atoms with Crippen molar-refractivity contribution >= 4 is 0 Å². The molecule has 2 rings (SSSR count). The van der Waals surface area contributed by atoms with Gasteiger partial charge in [0.05, 0.1) is 12.7 Å². The van der Waals surface area contributed by atoms with Crippen molar-refractivity contribution in [3.63, 3.8) is 0 Å². The van der Waals surface area contributed by atoms with E-state index in [2.05, 4.69) is 38.1 Å². The predicted octanol–water partition coefficient (Wildman–Crippen LogP) is 6.47. The summed E-state index contributed by atoms with van der Waals surface area (Å²) in [4.78, 5) is 0. The molecule has 0 aromatic heterocycles. The van der Waals surface area contributed by atoms with Gasteiger partial charge in [-0.25, -0.2) is 0 Å². The van der Waals surface area contributed by atoms with Crippen LogP contribution in [0.25, 0.3) is 0 Å². The van der Waals surface area contributed by atoms with Gasteiger partial charge in [-0.1, -0.05) is 70.2 Å². The van der Waals surface area contributed by atoms with Crippen LogP contribution in [-0.4, -0.2) is 6.61 Å². The smallest absolute Gasteiger partial charge is 0.0825 e. The number of hydrogen-bond acceptors (Lipinski definition) is 1. The lowest BCUT2D eigenvalue weighted by Crippen LogP contribution is -2.20. The van der Waals surface area contributed by atoms with E-state index in [9.17, 15) is 0 Å². The number of ether oxygens (including phenoxy) is 1. The molecule has 1 fully saturated rings. The molecule has 1 heteroatoms. The van der Waals surface area contributed by atoms with E-state index in [1.54, 1.807) is 0 Å². The third-order valence-corrected chi connectivity index (χ3v) is 5.01. The van der Waals surface area contributed by atoms with Crippen LogP contribution in [0.15, 0.2) is 24.3 Å². The molecular weight excluding hydrogens is 268 g/mol. The van der Waals surface area contributed by atoms with Crippen molar-refractivity contribution in [2.24, 2.45) is 5.92 Å². The van der Waals surface area contributed by atoms with Gasteiger partial charge in [-0.2, -0.15) is 0 Å². The minimum Gasteiger partial charge on any atom is -0.373 e. The number of benzene rings is 1. The number of hydrogen-bond donors (Lipinski definition) is 0. The third-order valence-electron chi connectivity index (χ3n) is 5.01. The van der Waals surface area contributed by atoms with Crippen LogP contribution in [0.1, 0.15) is 88.9 Å². The van der Waals surface area contributed by atoms with Crippen molar-refractivity contribution in [1.29, 1.82) is 0 Å². The Morgan fingerprint density at radius 3 is 2.32 bits per heavy atom. The number of aryl methyl sites for hydroxylation is 1. The Balaban J connectivity index is 1.72. The van der Waals surface area contributed by atoms with E-state index in [1.807, 2.05) is 0 Å². The first-order valence-corrected chi connectivity index (χ1v) is 9.54. The van der Waals surface area contributed by atoms with Crippen LogP contribution in [0.5, 0.6) is 0 Å². The van der Waals surface area contributed by atoms with Crippen molar-refractivity contribution in [1.82, 2.24) is 0 Å². The van der Waals surface area contributed by atoms with Gasteiger partial charge in [-0.3, -0.25) is 0 Å². The molecule has 22 heavy (non-hydrogen) atoms. The highest BCUT2D eigenvalue weighted by Crippen LogP contribution is 2.32. The van der Waals surface area contributed by atoms with Gasteiger partial charge in [-0.05, 0) is 49.1 Å². The lowest BCUT2D eigenvalue weighted by atomic mass is 9.90. The third kappa shape index (κ3) is 5.76. The molecule has 0 aliphatic carbocycles. The largest absolute Gasteiger partial charge is 0.373 e. The van der Waals surface area contributed by atoms with Gasteiger partial charge in [-0.15, -0.1) is 0 Å². The van der Waals surface area contributed by atoms with E-state index in [0.717, 1.165) is 12.5 Å². The fraction of sp³-hybridized carbons (Fsp3) is 0.714. The van der Waals surface area contributed by atoms with Crippen LogP contribution in [0.2, 0.25) is 0 Å². The minimum absolute atomic E-state index is 0.340. The van der Waals surface area contributed by atoms with Crippen molar-refractivity contribution in [2.45, 2.75) is 84.2 Å². The average Bonchev–Trinajstić information content (AvgIpc) is 2.58. The molecule has 124 valence electrons. The van der Waals surface area contributed by atoms with E-state index >= 15 is 0 Å². The first-order valence-electron chi connectivity index (χ1n) is 9.54. The first-order chi connectivity index (χ1) is 10.8. The summed E-state index contributed by atoms with van der Waals surface area (Å²) in [6.07, 6.45) is 13.5. The highest BCUT2D eigenvalue weighted by Gasteiger charge is 2.22. The van der Waals surface area contributed by atoms with E-state index < -0.39 is 0 Å². The molecule has 1 nitrogen and oxygen atoms in total. The minimum atomic E-state index is 0.340. The molecule has 0 spiro atoms. The highest BCUT2D eigenvalue weighted by molar-refractivity contribution is 5.24. The maximum Gasteiger partial charge on any atom is 0.0825 e. The summed E-state index contributed by atoms with van der Waals surface area (Å²) < 4.78 is 6.15. The van der Waals surface area contributed by atoms with Gasteiger partial charge in [0.1, 0.15) is 0 Å². The highest BCUT2D eigenvalue weighted by atomic mass is 16.5. The lowest BCUT2D eigenvalue weighted by Gasteiger charge is -2.29. The van der Waals surface area contributed by atoms with Gasteiger partial charge in [0, 0.05) is 0 Å². The maximum atomic E-state index is 6.15. The molecule has 2 unspecified atom stereocenters. The summed E-state index contributed by atoms with van der Waals surface area (Å²) in [6.45, 7) is 5.50. The zero-order valence-electron chi connectivity index (χ0n) is 14.7. The Morgan fingerprint density at radius 1 is 0.909 bits per heavy atom. The quantitative estimate of drug-likeness (QED) is 0.475. The Hall–Kier alpha value is -0.820. The van der Waals surface area contributed by atoms with Gasteiger partial charge >= 0.3 is 0 Å². The molecule has 0 radical (unpaired) electrons. The number of unbranched alkanes of at least 4 members (excludes halogenated alkanes) is 4. The Kier molecular flexibility index (Phi) is 8.01. The van der Waals surface area contributed by atoms with Crippen LogP contribution in [0.3, 0.4) is 0 Å². The van der Waals surface area contributed by atoms with Crippen molar-refractivity contribution < 1.29 is 4.74 Å². The van der Waals surface area contributed by atoms with Crippen molar-refractivity contribution in [3.8, 4) is 0 Å². The average molecular weight is 303 g/mol. The molecule has 1 aliphatic heterocycles. The topological polar surface area (TPSA) is 9.23 Å². The molecule has 0 N–H and O–H groups in total. The van der Waals surface area contributed by atoms with Gasteiger partial charge in [0.2, 0.25) is 0 Å². The standard InChI is InChI=1S/C21H34O/c1-3-5-7-8-10-19-13-16-21(22-17-19)20-14-11-18(12-15-20)9-6-4-2/h11-12,14-15,19,21H,3-10,13,16-17H2,1-2H3. The summed E-state index contributed by atoms with van der Waals surface area (Å²) in [7, 11) is 0. The molecule has 1 heterocycles. The van der Waals surface area contributed by atoms with Crippen LogP contribution >= 0.6 is 0 Å². The lowest BCUT2D eigenvalue weighted by molar-refractivity contribution is -0.0199. The first kappa shape index (κ1) is 17.5. The second kappa shape index (κ2) is 10.0. The molecule has 1 saturated heterocycles. The molecule has 1 aliphatic rings. The summed E-state index contributed by atoms with van der Waals surface area (Å²) in [5.41, 5.74) is 2.85. The molecular formula is C21H34O.